The first-order valence-corrected chi connectivity index (χ1v) is 20.7. The van der Waals surface area contributed by atoms with Gasteiger partial charge in [-0.1, -0.05) is 0 Å². The summed E-state index contributed by atoms with van der Waals surface area (Å²) in [6.07, 6.45) is 0. The van der Waals surface area contributed by atoms with Crippen LogP contribution in [0.15, 0.2) is 48.5 Å². The molecule has 2 aliphatic rings. The molecular formula is C48H50N8O8. The average molecular weight is 867 g/mol. The van der Waals surface area contributed by atoms with Gasteiger partial charge in [0.15, 0.2) is 23.3 Å². The van der Waals surface area contributed by atoms with Crippen molar-refractivity contribution < 1.29 is 37.9 Å². The van der Waals surface area contributed by atoms with Gasteiger partial charge in [-0.25, -0.2) is 29.9 Å². The third-order valence-corrected chi connectivity index (χ3v) is 11.5. The van der Waals surface area contributed by atoms with Gasteiger partial charge in [-0.05, 0) is 93.0 Å². The SMILES string of the molecule is COCc1cc2c(cc1COC)-c1nc-2nc2[nH]c(nc3nc(nc4[nH]c(n1)c1cc(COC)c(COC)cc41)-c1cc(COC)c(COC)cc1-3)c1cc(COC)c(COC)cc21. The summed E-state index contributed by atoms with van der Waals surface area (Å²) in [7, 11) is 13.4. The fourth-order valence-electron chi connectivity index (χ4n) is 8.65. The van der Waals surface area contributed by atoms with Crippen molar-refractivity contribution >= 4 is 44.1 Å². The smallest absolute Gasteiger partial charge is 0.164 e. The Morgan fingerprint density at radius 2 is 0.469 bits per heavy atom. The van der Waals surface area contributed by atoms with E-state index in [2.05, 4.69) is 58.5 Å². The maximum atomic E-state index is 5.67. The van der Waals surface area contributed by atoms with Crippen molar-refractivity contribution in [3.05, 3.63) is 93.0 Å². The van der Waals surface area contributed by atoms with Crippen LogP contribution in [0.5, 0.6) is 0 Å². The summed E-state index contributed by atoms with van der Waals surface area (Å²) in [5.41, 5.74) is 13.0. The summed E-state index contributed by atoms with van der Waals surface area (Å²) in [4.78, 5) is 38.7. The Labute approximate surface area is 369 Å². The third kappa shape index (κ3) is 7.92. The average Bonchev–Trinajstić information content (AvgIpc) is 3.99. The number of benzene rings is 4. The monoisotopic (exact) mass is 866 g/mol. The molecule has 0 amide bonds. The summed E-state index contributed by atoms with van der Waals surface area (Å²) in [5, 5.41) is 3.27. The zero-order valence-electron chi connectivity index (χ0n) is 37.2. The molecule has 330 valence electrons. The molecule has 16 nitrogen and oxygen atoms in total. The number of ether oxygens (including phenoxy) is 8. The van der Waals surface area contributed by atoms with Gasteiger partial charge in [-0.2, -0.15) is 0 Å². The molecule has 0 atom stereocenters. The predicted octanol–water partition coefficient (Wildman–Crippen LogP) is 8.04. The number of nitrogens with one attached hydrogen (secondary N) is 2. The fourth-order valence-corrected chi connectivity index (χ4v) is 8.65. The van der Waals surface area contributed by atoms with E-state index in [9.17, 15) is 0 Å². The van der Waals surface area contributed by atoms with Crippen LogP contribution in [0.4, 0.5) is 0 Å². The molecule has 0 radical (unpaired) electrons. The van der Waals surface area contributed by atoms with Crippen molar-refractivity contribution in [3.8, 4) is 45.6 Å². The Bertz CT molecular complexity index is 2690. The van der Waals surface area contributed by atoms with Crippen molar-refractivity contribution in [1.82, 2.24) is 39.9 Å². The number of fused-ring (bicyclic) bond motifs is 20. The molecule has 0 saturated heterocycles. The van der Waals surface area contributed by atoms with E-state index in [1.165, 1.54) is 0 Å². The van der Waals surface area contributed by atoms with E-state index in [4.69, 9.17) is 67.8 Å². The van der Waals surface area contributed by atoms with Crippen LogP contribution in [-0.2, 0) is 90.7 Å². The normalized spacial score (nSPS) is 12.1. The van der Waals surface area contributed by atoms with Gasteiger partial charge in [-0.3, -0.25) is 0 Å². The minimum atomic E-state index is 0.364. The molecule has 2 N–H and O–H groups in total. The van der Waals surface area contributed by atoms with Crippen molar-refractivity contribution in [1.29, 1.82) is 0 Å². The number of hydrogen-bond donors (Lipinski definition) is 2. The first-order chi connectivity index (χ1) is 31.3. The topological polar surface area (TPSA) is 183 Å². The molecule has 5 heterocycles. The Hall–Kier alpha value is -6.08. The number of nitrogens with zero attached hydrogens (tertiary/aromatic N) is 6. The molecular weight excluding hydrogens is 817 g/mol. The molecule has 2 aliphatic heterocycles. The molecule has 4 aromatic carbocycles. The quantitative estimate of drug-likeness (QED) is 0.0952. The van der Waals surface area contributed by atoms with Crippen LogP contribution in [0.3, 0.4) is 0 Å². The number of aromatic amines is 2. The maximum absolute atomic E-state index is 5.67. The lowest BCUT2D eigenvalue weighted by Crippen LogP contribution is -1.99. The highest BCUT2D eigenvalue weighted by Crippen LogP contribution is 2.40. The summed E-state index contributed by atoms with van der Waals surface area (Å²) < 4.78 is 45.3. The van der Waals surface area contributed by atoms with Gasteiger partial charge in [0.25, 0.3) is 0 Å². The number of rotatable bonds is 16. The molecule has 7 aromatic rings. The Morgan fingerprint density at radius 1 is 0.281 bits per heavy atom. The Balaban J connectivity index is 1.47. The van der Waals surface area contributed by atoms with E-state index >= 15 is 0 Å². The first kappa shape index (κ1) is 43.2. The molecule has 0 aliphatic carbocycles. The van der Waals surface area contributed by atoms with Gasteiger partial charge in [-0.15, -0.1) is 0 Å². The van der Waals surface area contributed by atoms with Crippen molar-refractivity contribution in [2.45, 2.75) is 52.9 Å². The molecule has 16 heteroatoms. The Morgan fingerprint density at radius 3 is 0.656 bits per heavy atom. The second-order valence-corrected chi connectivity index (χ2v) is 15.7. The van der Waals surface area contributed by atoms with E-state index in [0.717, 1.165) is 88.3 Å². The van der Waals surface area contributed by atoms with Crippen molar-refractivity contribution in [2.24, 2.45) is 0 Å². The lowest BCUT2D eigenvalue weighted by atomic mass is 9.99. The lowest BCUT2D eigenvalue weighted by Gasteiger charge is -2.11. The highest BCUT2D eigenvalue weighted by atomic mass is 16.5. The van der Waals surface area contributed by atoms with Gasteiger partial charge >= 0.3 is 0 Å². The van der Waals surface area contributed by atoms with Gasteiger partial charge in [0.1, 0.15) is 22.6 Å². The Kier molecular flexibility index (Phi) is 12.5. The van der Waals surface area contributed by atoms with E-state index in [1.807, 2.05) is 0 Å². The van der Waals surface area contributed by atoms with Gasteiger partial charge in [0.2, 0.25) is 0 Å². The zero-order valence-corrected chi connectivity index (χ0v) is 37.2. The molecule has 3 aromatic heterocycles. The zero-order chi connectivity index (χ0) is 44.5. The highest BCUT2D eigenvalue weighted by Gasteiger charge is 2.26. The predicted molar refractivity (Wildman–Crippen MR) is 242 cm³/mol. The largest absolute Gasteiger partial charge is 0.380 e. The summed E-state index contributed by atoms with van der Waals surface area (Å²) in [6.45, 7) is 2.92. The fraction of sp³-hybridized carbons (Fsp3) is 0.333. The summed E-state index contributed by atoms with van der Waals surface area (Å²) in [6, 6.07) is 16.6. The summed E-state index contributed by atoms with van der Waals surface area (Å²) in [5.74, 6) is 1.85. The molecule has 64 heavy (non-hydrogen) atoms. The highest BCUT2D eigenvalue weighted by molar-refractivity contribution is 6.07. The van der Waals surface area contributed by atoms with Crippen LogP contribution >= 0.6 is 0 Å². The number of H-pyrrole nitrogens is 2. The van der Waals surface area contributed by atoms with Crippen LogP contribution in [0.25, 0.3) is 89.7 Å². The second kappa shape index (κ2) is 18.6. The lowest BCUT2D eigenvalue weighted by molar-refractivity contribution is 0.168. The minimum absolute atomic E-state index is 0.364. The van der Waals surface area contributed by atoms with Crippen LogP contribution in [0.1, 0.15) is 44.5 Å². The molecule has 0 fully saturated rings. The van der Waals surface area contributed by atoms with Crippen molar-refractivity contribution in [3.63, 3.8) is 0 Å². The van der Waals surface area contributed by atoms with E-state index in [0.29, 0.717) is 98.7 Å². The minimum Gasteiger partial charge on any atom is -0.380 e. The van der Waals surface area contributed by atoms with Crippen LogP contribution in [0.2, 0.25) is 0 Å². The van der Waals surface area contributed by atoms with Gasteiger partial charge in [0, 0.05) is 101 Å². The van der Waals surface area contributed by atoms with E-state index in [-0.39, 0.29) is 0 Å². The van der Waals surface area contributed by atoms with Gasteiger partial charge < -0.3 is 47.9 Å². The van der Waals surface area contributed by atoms with Crippen LogP contribution in [-0.4, -0.2) is 96.8 Å². The number of hydrogen-bond acceptors (Lipinski definition) is 14. The van der Waals surface area contributed by atoms with E-state index < -0.39 is 0 Å². The molecule has 0 unspecified atom stereocenters. The van der Waals surface area contributed by atoms with Gasteiger partial charge in [0.05, 0.1) is 52.9 Å². The second-order valence-electron chi connectivity index (χ2n) is 15.7. The summed E-state index contributed by atoms with van der Waals surface area (Å²) >= 11 is 0. The molecule has 0 spiro atoms. The number of methoxy groups -OCH3 is 8. The first-order valence-electron chi connectivity index (χ1n) is 20.7. The maximum Gasteiger partial charge on any atom is 0.164 e. The van der Waals surface area contributed by atoms with Crippen LogP contribution in [0, 0.1) is 0 Å². The van der Waals surface area contributed by atoms with E-state index in [1.54, 1.807) is 56.9 Å². The number of aromatic nitrogens is 8. The molecule has 0 saturated carbocycles. The van der Waals surface area contributed by atoms with Crippen LogP contribution < -0.4 is 0 Å². The molecule has 8 bridgehead atoms. The van der Waals surface area contributed by atoms with Crippen molar-refractivity contribution in [2.75, 3.05) is 56.9 Å². The third-order valence-electron chi connectivity index (χ3n) is 11.5. The molecule has 9 rings (SSSR count). The standard InChI is InChI=1S/C48H50N8O8/c1-57-17-25-9-33-34(10-26(25)18-58-2)42-49-41(33)53-43-35-11-27(19-59-3)28(20-60-4)12-36(35)45(50-43)55-47-39-15-31(23-63-7)32(24-64-8)16-40(39)48(52-47)56-46-38-14-30(22-62-6)29(21-61-5)13-37(38)44(51-46)54-42/h9-16H,17-24H2,1-8H3,(H2,49,50,51,52,53,54,55,56).